The zero-order chi connectivity index (χ0) is 21.9. The van der Waals surface area contributed by atoms with E-state index in [4.69, 9.17) is 10.2 Å². The van der Waals surface area contributed by atoms with E-state index in [2.05, 4.69) is 25.1 Å². The zero-order valence-electron chi connectivity index (χ0n) is 17.3. The molecule has 9 heteroatoms. The fraction of sp³-hybridized carbons (Fsp3) is 0.174. The number of nitrogens with zero attached hydrogens (tertiary/aromatic N) is 6. The summed E-state index contributed by atoms with van der Waals surface area (Å²) in [6, 6.07) is 18.8. The quantitative estimate of drug-likeness (QED) is 0.529. The molecule has 0 atom stereocenters. The van der Waals surface area contributed by atoms with Gasteiger partial charge in [0, 0.05) is 37.3 Å². The minimum Gasteiger partial charge on any atom is -0.414 e. The monoisotopic (exact) mass is 427 g/mol. The third-order valence-electron chi connectivity index (χ3n) is 5.35. The topological polar surface area (TPSA) is 114 Å². The predicted molar refractivity (Wildman–Crippen MR) is 120 cm³/mol. The van der Waals surface area contributed by atoms with Crippen molar-refractivity contribution in [2.75, 3.05) is 36.8 Å². The SMILES string of the molecule is Nc1ncc(N2CCN(C(=O)c3ccccc3)CC2)nc1-c1nnc(-c2ccccc2)o1. The molecule has 0 spiro atoms. The summed E-state index contributed by atoms with van der Waals surface area (Å²) in [6.45, 7) is 2.45. The van der Waals surface area contributed by atoms with Crippen molar-refractivity contribution in [3.63, 3.8) is 0 Å². The molecule has 0 unspecified atom stereocenters. The number of hydrogen-bond donors (Lipinski definition) is 1. The lowest BCUT2D eigenvalue weighted by Gasteiger charge is -2.35. The highest BCUT2D eigenvalue weighted by Gasteiger charge is 2.24. The van der Waals surface area contributed by atoms with Crippen molar-refractivity contribution in [3.05, 3.63) is 72.4 Å². The van der Waals surface area contributed by atoms with Gasteiger partial charge in [0.25, 0.3) is 11.8 Å². The molecule has 0 aliphatic carbocycles. The lowest BCUT2D eigenvalue weighted by Crippen LogP contribution is -2.49. The van der Waals surface area contributed by atoms with Gasteiger partial charge in [0.2, 0.25) is 5.89 Å². The van der Waals surface area contributed by atoms with Gasteiger partial charge >= 0.3 is 0 Å². The van der Waals surface area contributed by atoms with Crippen LogP contribution in [0.3, 0.4) is 0 Å². The van der Waals surface area contributed by atoms with E-state index >= 15 is 0 Å². The van der Waals surface area contributed by atoms with E-state index in [-0.39, 0.29) is 17.6 Å². The summed E-state index contributed by atoms with van der Waals surface area (Å²) in [7, 11) is 0. The van der Waals surface area contributed by atoms with Crippen LogP contribution in [0.4, 0.5) is 11.6 Å². The molecule has 1 aliphatic rings. The average molecular weight is 427 g/mol. The van der Waals surface area contributed by atoms with Crippen LogP contribution in [0, 0.1) is 0 Å². The summed E-state index contributed by atoms with van der Waals surface area (Å²) in [4.78, 5) is 25.5. The second-order valence-electron chi connectivity index (χ2n) is 7.39. The first-order valence-electron chi connectivity index (χ1n) is 10.3. The van der Waals surface area contributed by atoms with Crippen molar-refractivity contribution in [3.8, 4) is 23.0 Å². The number of amides is 1. The Bertz CT molecular complexity index is 1220. The molecule has 1 fully saturated rings. The minimum absolute atomic E-state index is 0.0358. The first-order valence-corrected chi connectivity index (χ1v) is 10.3. The Morgan fingerprint density at radius 1 is 0.875 bits per heavy atom. The number of piperazine rings is 1. The summed E-state index contributed by atoms with van der Waals surface area (Å²) < 4.78 is 5.80. The number of aromatic nitrogens is 4. The molecule has 0 radical (unpaired) electrons. The van der Waals surface area contributed by atoms with E-state index in [1.54, 1.807) is 6.20 Å². The van der Waals surface area contributed by atoms with Gasteiger partial charge in [0.1, 0.15) is 5.82 Å². The van der Waals surface area contributed by atoms with Crippen LogP contribution in [0.5, 0.6) is 0 Å². The van der Waals surface area contributed by atoms with E-state index < -0.39 is 0 Å². The Labute approximate surface area is 184 Å². The van der Waals surface area contributed by atoms with Gasteiger partial charge in [-0.2, -0.15) is 0 Å². The second-order valence-corrected chi connectivity index (χ2v) is 7.39. The van der Waals surface area contributed by atoms with Gasteiger partial charge < -0.3 is 20.0 Å². The van der Waals surface area contributed by atoms with E-state index in [1.165, 1.54) is 0 Å². The zero-order valence-corrected chi connectivity index (χ0v) is 17.3. The Kier molecular flexibility index (Phi) is 5.20. The molecule has 1 aliphatic heterocycles. The highest BCUT2D eigenvalue weighted by molar-refractivity contribution is 5.94. The van der Waals surface area contributed by atoms with Crippen LogP contribution in [0.1, 0.15) is 10.4 Å². The molecule has 9 nitrogen and oxygen atoms in total. The third-order valence-corrected chi connectivity index (χ3v) is 5.35. The maximum absolute atomic E-state index is 12.7. The van der Waals surface area contributed by atoms with Gasteiger partial charge in [-0.15, -0.1) is 10.2 Å². The van der Waals surface area contributed by atoms with Crippen molar-refractivity contribution < 1.29 is 9.21 Å². The van der Waals surface area contributed by atoms with Crippen molar-refractivity contribution >= 4 is 17.5 Å². The molecule has 32 heavy (non-hydrogen) atoms. The van der Waals surface area contributed by atoms with Crippen LogP contribution < -0.4 is 10.6 Å². The predicted octanol–water partition coefficient (Wildman–Crippen LogP) is 2.74. The Balaban J connectivity index is 1.32. The number of carbonyl (C=O) groups is 1. The van der Waals surface area contributed by atoms with Gasteiger partial charge in [-0.05, 0) is 24.3 Å². The Morgan fingerprint density at radius 3 is 2.25 bits per heavy atom. The van der Waals surface area contributed by atoms with Crippen LogP contribution in [-0.2, 0) is 0 Å². The number of benzene rings is 2. The lowest BCUT2D eigenvalue weighted by molar-refractivity contribution is 0.0746. The van der Waals surface area contributed by atoms with E-state index in [0.717, 1.165) is 5.56 Å². The van der Waals surface area contributed by atoms with E-state index in [9.17, 15) is 4.79 Å². The number of rotatable bonds is 4. The average Bonchev–Trinajstić information content (AvgIpc) is 3.35. The third kappa shape index (κ3) is 3.87. The molecule has 1 saturated heterocycles. The molecular formula is C23H21N7O2. The summed E-state index contributed by atoms with van der Waals surface area (Å²) >= 11 is 0. The van der Waals surface area contributed by atoms with Gasteiger partial charge in [-0.25, -0.2) is 9.97 Å². The molecule has 3 heterocycles. The second kappa shape index (κ2) is 8.46. The van der Waals surface area contributed by atoms with Gasteiger partial charge in [-0.3, -0.25) is 4.79 Å². The first kappa shape index (κ1) is 19.7. The summed E-state index contributed by atoms with van der Waals surface area (Å²) in [5.74, 6) is 1.51. The van der Waals surface area contributed by atoms with Crippen molar-refractivity contribution in [2.24, 2.45) is 0 Å². The van der Waals surface area contributed by atoms with Crippen LogP contribution >= 0.6 is 0 Å². The molecule has 160 valence electrons. The summed E-state index contributed by atoms with van der Waals surface area (Å²) in [6.07, 6.45) is 1.63. The number of anilines is 2. The summed E-state index contributed by atoms with van der Waals surface area (Å²) in [5.41, 5.74) is 7.91. The van der Waals surface area contributed by atoms with Crippen molar-refractivity contribution in [2.45, 2.75) is 0 Å². The number of hydrogen-bond acceptors (Lipinski definition) is 8. The molecule has 2 N–H and O–H groups in total. The molecule has 4 aromatic rings. The van der Waals surface area contributed by atoms with E-state index in [1.807, 2.05) is 65.6 Å². The van der Waals surface area contributed by atoms with Crippen molar-refractivity contribution in [1.82, 2.24) is 25.1 Å². The number of nitrogen functional groups attached to an aromatic ring is 1. The molecule has 5 rings (SSSR count). The van der Waals surface area contributed by atoms with Crippen molar-refractivity contribution in [1.29, 1.82) is 0 Å². The number of nitrogens with two attached hydrogens (primary N) is 1. The Hall–Kier alpha value is -4.27. The van der Waals surface area contributed by atoms with Gasteiger partial charge in [-0.1, -0.05) is 36.4 Å². The first-order chi connectivity index (χ1) is 15.7. The molecule has 0 saturated carbocycles. The summed E-state index contributed by atoms with van der Waals surface area (Å²) in [5, 5.41) is 8.21. The fourth-order valence-electron chi connectivity index (χ4n) is 3.62. The lowest BCUT2D eigenvalue weighted by atomic mass is 10.2. The smallest absolute Gasteiger partial charge is 0.270 e. The largest absolute Gasteiger partial charge is 0.414 e. The highest BCUT2D eigenvalue weighted by Crippen LogP contribution is 2.27. The van der Waals surface area contributed by atoms with Crippen LogP contribution in [0.25, 0.3) is 23.0 Å². The highest BCUT2D eigenvalue weighted by atomic mass is 16.4. The van der Waals surface area contributed by atoms with Crippen LogP contribution in [0.15, 0.2) is 71.3 Å². The number of carbonyl (C=O) groups excluding carboxylic acids is 1. The van der Waals surface area contributed by atoms with Gasteiger partial charge in [0.15, 0.2) is 11.5 Å². The molecular weight excluding hydrogens is 406 g/mol. The Morgan fingerprint density at radius 2 is 1.53 bits per heavy atom. The van der Waals surface area contributed by atoms with Crippen LogP contribution in [0.2, 0.25) is 0 Å². The minimum atomic E-state index is 0.0358. The van der Waals surface area contributed by atoms with Gasteiger partial charge in [0.05, 0.1) is 6.20 Å². The normalized spacial score (nSPS) is 13.9. The maximum Gasteiger partial charge on any atom is 0.270 e. The van der Waals surface area contributed by atoms with E-state index in [0.29, 0.717) is 49.1 Å². The molecule has 2 aromatic heterocycles. The molecule has 1 amide bonds. The van der Waals surface area contributed by atoms with Crippen LogP contribution in [-0.4, -0.2) is 57.2 Å². The molecule has 0 bridgehead atoms. The standard InChI is InChI=1S/C23H21N7O2/c24-20-19(22-28-27-21(32-22)16-7-3-1-4-8-16)26-18(15-25-20)29-11-13-30(14-12-29)23(31)17-9-5-2-6-10-17/h1-10,15H,11-14H2,(H2,24,25). The molecule has 2 aromatic carbocycles. The maximum atomic E-state index is 12.7. The fourth-order valence-corrected chi connectivity index (χ4v) is 3.62.